The minimum atomic E-state index is -0.257. The van der Waals surface area contributed by atoms with Crippen LogP contribution in [-0.2, 0) is 11.3 Å². The number of carbonyl (C=O) groups excluding carboxylic acids is 2. The largest absolute Gasteiger partial charge is 0.349 e. The van der Waals surface area contributed by atoms with Crippen LogP contribution in [0.25, 0.3) is 10.9 Å². The van der Waals surface area contributed by atoms with Crippen molar-refractivity contribution in [3.05, 3.63) is 70.3 Å². The number of para-hydroxylation sites is 2. The minimum absolute atomic E-state index is 0.0785. The van der Waals surface area contributed by atoms with E-state index < -0.39 is 0 Å². The lowest BCUT2D eigenvalue weighted by molar-refractivity contribution is -0.117. The van der Waals surface area contributed by atoms with Crippen molar-refractivity contribution in [2.75, 3.05) is 18.9 Å². The molecule has 0 atom stereocenters. The molecule has 1 fully saturated rings. The van der Waals surface area contributed by atoms with Crippen LogP contribution in [0.3, 0.4) is 0 Å². The predicted octanol–water partition coefficient (Wildman–Crippen LogP) is 1.89. The molecule has 2 amide bonds. The third-order valence-corrected chi connectivity index (χ3v) is 4.85. The van der Waals surface area contributed by atoms with E-state index in [-0.39, 0.29) is 30.0 Å². The summed E-state index contributed by atoms with van der Waals surface area (Å²) in [6, 6.07) is 14.3. The summed E-state index contributed by atoms with van der Waals surface area (Å²) in [6.45, 7) is 0.381. The van der Waals surface area contributed by atoms with Crippen LogP contribution in [0.5, 0.6) is 0 Å². The minimum Gasteiger partial charge on any atom is -0.349 e. The van der Waals surface area contributed by atoms with Crippen LogP contribution in [0.2, 0.25) is 0 Å². The molecule has 8 nitrogen and oxygen atoms in total. The Morgan fingerprint density at radius 1 is 1.13 bits per heavy atom. The zero-order valence-electron chi connectivity index (χ0n) is 16.6. The van der Waals surface area contributed by atoms with Gasteiger partial charge in [0.2, 0.25) is 5.91 Å². The monoisotopic (exact) mass is 405 g/mol. The summed E-state index contributed by atoms with van der Waals surface area (Å²) >= 11 is 0. The van der Waals surface area contributed by atoms with Crippen LogP contribution in [-0.4, -0.2) is 46.3 Å². The SMILES string of the molecule is CN(CC(=O)Nc1ccccc1C(=O)NC1CC1)Cc1nc2ccccc2c(=O)[nH]1. The first-order valence-corrected chi connectivity index (χ1v) is 9.86. The molecule has 1 aliphatic carbocycles. The molecule has 30 heavy (non-hydrogen) atoms. The Morgan fingerprint density at radius 2 is 1.87 bits per heavy atom. The van der Waals surface area contributed by atoms with E-state index in [1.54, 1.807) is 54.4 Å². The number of likely N-dealkylation sites (N-methyl/N-ethyl adjacent to an activating group) is 1. The Hall–Kier alpha value is -3.52. The van der Waals surface area contributed by atoms with Gasteiger partial charge >= 0.3 is 0 Å². The van der Waals surface area contributed by atoms with Gasteiger partial charge in [0.15, 0.2) is 0 Å². The summed E-state index contributed by atoms with van der Waals surface area (Å²) in [5.41, 5.74) is 1.33. The highest BCUT2D eigenvalue weighted by Gasteiger charge is 2.25. The number of anilines is 1. The molecule has 0 aliphatic heterocycles. The molecular weight excluding hydrogens is 382 g/mol. The van der Waals surface area contributed by atoms with E-state index in [1.807, 2.05) is 6.07 Å². The molecule has 3 aromatic rings. The average molecular weight is 405 g/mol. The Labute approximate surface area is 173 Å². The maximum Gasteiger partial charge on any atom is 0.258 e. The van der Waals surface area contributed by atoms with Gasteiger partial charge in [-0.15, -0.1) is 0 Å². The third kappa shape index (κ3) is 4.72. The first kappa shape index (κ1) is 19.8. The number of fused-ring (bicyclic) bond motifs is 1. The van der Waals surface area contributed by atoms with E-state index in [0.717, 1.165) is 12.8 Å². The molecule has 0 saturated heterocycles. The van der Waals surface area contributed by atoms with Gasteiger partial charge in [-0.1, -0.05) is 24.3 Å². The number of benzene rings is 2. The number of nitrogens with zero attached hydrogens (tertiary/aromatic N) is 2. The number of hydrogen-bond donors (Lipinski definition) is 3. The van der Waals surface area contributed by atoms with Crippen molar-refractivity contribution in [2.24, 2.45) is 0 Å². The quantitative estimate of drug-likeness (QED) is 0.556. The second kappa shape index (κ2) is 8.46. The summed E-state index contributed by atoms with van der Waals surface area (Å²) < 4.78 is 0. The van der Waals surface area contributed by atoms with Crippen LogP contribution in [0.15, 0.2) is 53.3 Å². The molecule has 1 saturated carbocycles. The van der Waals surface area contributed by atoms with Gasteiger partial charge in [-0.2, -0.15) is 0 Å². The fourth-order valence-corrected chi connectivity index (χ4v) is 3.24. The Morgan fingerprint density at radius 3 is 2.67 bits per heavy atom. The number of H-pyrrole nitrogens is 1. The third-order valence-electron chi connectivity index (χ3n) is 4.85. The van der Waals surface area contributed by atoms with Gasteiger partial charge in [-0.25, -0.2) is 4.98 Å². The molecule has 4 rings (SSSR count). The smallest absolute Gasteiger partial charge is 0.258 e. The molecular formula is C22H23N5O3. The number of aromatic amines is 1. The number of nitrogens with one attached hydrogen (secondary N) is 3. The second-order valence-electron chi connectivity index (χ2n) is 7.54. The van der Waals surface area contributed by atoms with E-state index in [1.165, 1.54) is 0 Å². The standard InChI is InChI=1S/C22H23N5O3/c1-27(12-19-24-17-8-4-2-6-15(17)22(30)26-19)13-20(28)25-18-9-5-3-7-16(18)21(29)23-14-10-11-14/h2-9,14H,10-13H2,1H3,(H,23,29)(H,25,28)(H,24,26,30). The Balaban J connectivity index is 1.40. The predicted molar refractivity (Wildman–Crippen MR) is 114 cm³/mol. The van der Waals surface area contributed by atoms with Gasteiger partial charge in [0, 0.05) is 6.04 Å². The van der Waals surface area contributed by atoms with E-state index in [2.05, 4.69) is 20.6 Å². The van der Waals surface area contributed by atoms with Gasteiger partial charge in [0.1, 0.15) is 5.82 Å². The molecule has 0 bridgehead atoms. The van der Waals surface area contributed by atoms with Crippen LogP contribution < -0.4 is 16.2 Å². The first-order chi connectivity index (χ1) is 14.5. The van der Waals surface area contributed by atoms with Crippen LogP contribution in [0.1, 0.15) is 29.0 Å². The fourth-order valence-electron chi connectivity index (χ4n) is 3.24. The van der Waals surface area contributed by atoms with Crippen molar-refractivity contribution >= 4 is 28.4 Å². The van der Waals surface area contributed by atoms with E-state index >= 15 is 0 Å². The summed E-state index contributed by atoms with van der Waals surface area (Å²) in [5, 5.41) is 6.27. The van der Waals surface area contributed by atoms with Crippen LogP contribution in [0.4, 0.5) is 5.69 Å². The lowest BCUT2D eigenvalue weighted by Gasteiger charge is -2.17. The summed E-state index contributed by atoms with van der Waals surface area (Å²) in [5.74, 6) is 0.0465. The molecule has 8 heteroatoms. The van der Waals surface area contributed by atoms with E-state index in [4.69, 9.17) is 0 Å². The molecule has 1 heterocycles. The highest BCUT2D eigenvalue weighted by Crippen LogP contribution is 2.21. The molecule has 1 aliphatic rings. The summed E-state index contributed by atoms with van der Waals surface area (Å²) in [7, 11) is 1.76. The lowest BCUT2D eigenvalue weighted by Crippen LogP contribution is -2.32. The Kier molecular flexibility index (Phi) is 5.58. The van der Waals surface area contributed by atoms with Crippen molar-refractivity contribution < 1.29 is 9.59 Å². The number of aromatic nitrogens is 2. The number of carbonyl (C=O) groups is 2. The van der Waals surface area contributed by atoms with Crippen molar-refractivity contribution in [1.82, 2.24) is 20.2 Å². The molecule has 0 radical (unpaired) electrons. The highest BCUT2D eigenvalue weighted by atomic mass is 16.2. The van der Waals surface area contributed by atoms with Gasteiger partial charge in [-0.3, -0.25) is 19.3 Å². The van der Waals surface area contributed by atoms with Crippen LogP contribution in [0, 0.1) is 0 Å². The van der Waals surface area contributed by atoms with Crippen molar-refractivity contribution in [1.29, 1.82) is 0 Å². The number of rotatable bonds is 7. The van der Waals surface area contributed by atoms with Crippen molar-refractivity contribution in [3.63, 3.8) is 0 Å². The van der Waals surface area contributed by atoms with Gasteiger partial charge < -0.3 is 15.6 Å². The lowest BCUT2D eigenvalue weighted by atomic mass is 10.1. The Bertz CT molecular complexity index is 1150. The van der Waals surface area contributed by atoms with Gasteiger partial charge in [-0.05, 0) is 44.2 Å². The fraction of sp³-hybridized carbons (Fsp3) is 0.273. The van der Waals surface area contributed by atoms with E-state index in [9.17, 15) is 14.4 Å². The molecule has 154 valence electrons. The second-order valence-corrected chi connectivity index (χ2v) is 7.54. The zero-order chi connectivity index (χ0) is 21.1. The molecule has 0 spiro atoms. The zero-order valence-corrected chi connectivity index (χ0v) is 16.6. The van der Waals surface area contributed by atoms with E-state index in [0.29, 0.717) is 34.5 Å². The molecule has 3 N–H and O–H groups in total. The maximum absolute atomic E-state index is 12.5. The highest BCUT2D eigenvalue weighted by molar-refractivity contribution is 6.04. The molecule has 0 unspecified atom stereocenters. The first-order valence-electron chi connectivity index (χ1n) is 9.86. The maximum atomic E-state index is 12.5. The van der Waals surface area contributed by atoms with Gasteiger partial charge in [0.05, 0.1) is 35.2 Å². The van der Waals surface area contributed by atoms with Crippen LogP contribution >= 0.6 is 0 Å². The number of amides is 2. The summed E-state index contributed by atoms with van der Waals surface area (Å²) in [4.78, 5) is 46.1. The van der Waals surface area contributed by atoms with Crippen molar-refractivity contribution in [3.8, 4) is 0 Å². The number of hydrogen-bond acceptors (Lipinski definition) is 5. The van der Waals surface area contributed by atoms with Crippen molar-refractivity contribution in [2.45, 2.75) is 25.4 Å². The summed E-state index contributed by atoms with van der Waals surface area (Å²) in [6.07, 6.45) is 1.99. The normalized spacial score (nSPS) is 13.4. The molecule has 1 aromatic heterocycles. The van der Waals surface area contributed by atoms with Gasteiger partial charge in [0.25, 0.3) is 11.5 Å². The molecule has 2 aromatic carbocycles. The topological polar surface area (TPSA) is 107 Å². The average Bonchev–Trinajstić information content (AvgIpc) is 3.52.